The molecule has 0 bridgehead atoms. The standard InChI is InChI=1S/C10H11FN4O4/c11-6-1-2-8(15(18)19)7(3-6)14-10(17)5-13-9(16)4-12/h1-3H,4-5,12H2,(H,13,16)(H,14,17). The molecule has 1 rings (SSSR count). The van der Waals surface area contributed by atoms with E-state index in [9.17, 15) is 24.1 Å². The molecule has 0 radical (unpaired) electrons. The minimum Gasteiger partial charge on any atom is -0.346 e. The minimum atomic E-state index is -0.756. The van der Waals surface area contributed by atoms with Crippen molar-refractivity contribution >= 4 is 23.2 Å². The molecule has 0 fully saturated rings. The van der Waals surface area contributed by atoms with E-state index in [1.54, 1.807) is 0 Å². The number of benzene rings is 1. The van der Waals surface area contributed by atoms with Gasteiger partial charge >= 0.3 is 0 Å². The zero-order valence-corrected chi connectivity index (χ0v) is 9.68. The summed E-state index contributed by atoms with van der Waals surface area (Å²) in [5.74, 6) is -2.01. The van der Waals surface area contributed by atoms with Crippen LogP contribution < -0.4 is 16.4 Å². The molecule has 0 atom stereocenters. The number of nitrogens with zero attached hydrogens (tertiary/aromatic N) is 1. The lowest BCUT2D eigenvalue weighted by Gasteiger charge is -2.06. The molecule has 0 aliphatic heterocycles. The Hall–Kier alpha value is -2.55. The van der Waals surface area contributed by atoms with Crippen molar-refractivity contribution in [1.29, 1.82) is 0 Å². The Morgan fingerprint density at radius 1 is 1.37 bits per heavy atom. The summed E-state index contributed by atoms with van der Waals surface area (Å²) in [7, 11) is 0. The van der Waals surface area contributed by atoms with Crippen molar-refractivity contribution in [2.45, 2.75) is 0 Å². The van der Waals surface area contributed by atoms with Crippen LogP contribution in [-0.2, 0) is 9.59 Å². The van der Waals surface area contributed by atoms with Crippen molar-refractivity contribution in [2.75, 3.05) is 18.4 Å². The predicted octanol–water partition coefficient (Wildman–Crippen LogP) is -0.253. The second kappa shape index (κ2) is 6.40. The second-order valence-electron chi connectivity index (χ2n) is 3.45. The second-order valence-corrected chi connectivity index (χ2v) is 3.45. The molecule has 1 aromatic carbocycles. The molecule has 0 saturated heterocycles. The fourth-order valence-electron chi connectivity index (χ4n) is 1.21. The number of amides is 2. The Morgan fingerprint density at radius 3 is 2.63 bits per heavy atom. The molecule has 102 valence electrons. The maximum atomic E-state index is 13.0. The quantitative estimate of drug-likeness (QED) is 0.502. The Labute approximate surface area is 106 Å². The van der Waals surface area contributed by atoms with Gasteiger partial charge in [0.05, 0.1) is 18.0 Å². The Balaban J connectivity index is 2.75. The van der Waals surface area contributed by atoms with Gasteiger partial charge in [0.15, 0.2) is 0 Å². The van der Waals surface area contributed by atoms with Crippen LogP contribution in [0.4, 0.5) is 15.8 Å². The summed E-state index contributed by atoms with van der Waals surface area (Å²) in [4.78, 5) is 32.1. The summed E-state index contributed by atoms with van der Waals surface area (Å²) in [5.41, 5.74) is 4.29. The van der Waals surface area contributed by atoms with Crippen molar-refractivity contribution in [3.63, 3.8) is 0 Å². The lowest BCUT2D eigenvalue weighted by Crippen LogP contribution is -2.36. The highest BCUT2D eigenvalue weighted by atomic mass is 19.1. The van der Waals surface area contributed by atoms with Gasteiger partial charge in [0.25, 0.3) is 5.69 Å². The topological polar surface area (TPSA) is 127 Å². The lowest BCUT2D eigenvalue weighted by atomic mass is 10.2. The van der Waals surface area contributed by atoms with E-state index < -0.39 is 34.8 Å². The van der Waals surface area contributed by atoms with Gasteiger partial charge in [0, 0.05) is 12.1 Å². The third kappa shape index (κ3) is 4.32. The average molecular weight is 270 g/mol. The van der Waals surface area contributed by atoms with Crippen LogP contribution in [0.1, 0.15) is 0 Å². The summed E-state index contributed by atoms with van der Waals surface area (Å²) in [6.45, 7) is -0.697. The van der Waals surface area contributed by atoms with Gasteiger partial charge in [-0.05, 0) is 6.07 Å². The Kier molecular flexibility index (Phi) is 4.89. The van der Waals surface area contributed by atoms with Crippen LogP contribution in [0.15, 0.2) is 18.2 Å². The van der Waals surface area contributed by atoms with Crippen LogP contribution in [0, 0.1) is 15.9 Å². The first kappa shape index (κ1) is 14.5. The van der Waals surface area contributed by atoms with E-state index in [0.717, 1.165) is 18.2 Å². The van der Waals surface area contributed by atoms with Gasteiger partial charge in [0.1, 0.15) is 11.5 Å². The van der Waals surface area contributed by atoms with Gasteiger partial charge in [-0.2, -0.15) is 0 Å². The van der Waals surface area contributed by atoms with Crippen LogP contribution in [-0.4, -0.2) is 29.8 Å². The third-order valence-electron chi connectivity index (χ3n) is 2.06. The fourth-order valence-corrected chi connectivity index (χ4v) is 1.21. The lowest BCUT2D eigenvalue weighted by molar-refractivity contribution is -0.384. The molecule has 0 heterocycles. The van der Waals surface area contributed by atoms with Crippen LogP contribution in [0.25, 0.3) is 0 Å². The predicted molar refractivity (Wildman–Crippen MR) is 63.7 cm³/mol. The van der Waals surface area contributed by atoms with Crippen molar-refractivity contribution in [3.8, 4) is 0 Å². The molecular weight excluding hydrogens is 259 g/mol. The van der Waals surface area contributed by atoms with Crippen LogP contribution in [0.3, 0.4) is 0 Å². The molecule has 9 heteroatoms. The van der Waals surface area contributed by atoms with Gasteiger partial charge in [-0.3, -0.25) is 19.7 Å². The van der Waals surface area contributed by atoms with Crippen molar-refractivity contribution < 1.29 is 18.9 Å². The highest BCUT2D eigenvalue weighted by Gasteiger charge is 2.16. The first-order chi connectivity index (χ1) is 8.93. The maximum Gasteiger partial charge on any atom is 0.292 e. The summed E-state index contributed by atoms with van der Waals surface area (Å²) >= 11 is 0. The number of nitro groups is 1. The van der Waals surface area contributed by atoms with Crippen molar-refractivity contribution in [2.24, 2.45) is 5.73 Å². The normalized spacial score (nSPS) is 9.79. The molecule has 1 aromatic rings. The van der Waals surface area contributed by atoms with E-state index in [4.69, 9.17) is 5.73 Å². The Bertz CT molecular complexity index is 520. The van der Waals surface area contributed by atoms with E-state index in [1.807, 2.05) is 0 Å². The van der Waals surface area contributed by atoms with E-state index in [1.165, 1.54) is 0 Å². The smallest absolute Gasteiger partial charge is 0.292 e. The molecular formula is C10H11FN4O4. The summed E-state index contributed by atoms with van der Waals surface area (Å²) in [6, 6.07) is 2.66. The molecule has 0 unspecified atom stereocenters. The molecule has 0 aliphatic rings. The first-order valence-electron chi connectivity index (χ1n) is 5.14. The van der Waals surface area contributed by atoms with Gasteiger partial charge < -0.3 is 16.4 Å². The van der Waals surface area contributed by atoms with Crippen LogP contribution in [0.2, 0.25) is 0 Å². The SMILES string of the molecule is NCC(=O)NCC(=O)Nc1cc(F)ccc1[N+](=O)[O-]. The molecule has 0 aliphatic carbocycles. The highest BCUT2D eigenvalue weighted by Crippen LogP contribution is 2.24. The zero-order chi connectivity index (χ0) is 14.4. The van der Waals surface area contributed by atoms with E-state index in [2.05, 4.69) is 10.6 Å². The number of anilines is 1. The molecule has 0 aromatic heterocycles. The molecule has 19 heavy (non-hydrogen) atoms. The molecule has 2 amide bonds. The van der Waals surface area contributed by atoms with Crippen molar-refractivity contribution in [1.82, 2.24) is 5.32 Å². The van der Waals surface area contributed by atoms with Crippen LogP contribution >= 0.6 is 0 Å². The summed E-state index contributed by atoms with van der Waals surface area (Å²) in [6.07, 6.45) is 0. The minimum absolute atomic E-state index is 0.281. The summed E-state index contributed by atoms with van der Waals surface area (Å²) in [5, 5.41) is 15.0. The number of hydrogen-bond donors (Lipinski definition) is 3. The first-order valence-corrected chi connectivity index (χ1v) is 5.14. The highest BCUT2D eigenvalue weighted by molar-refractivity contribution is 5.96. The van der Waals surface area contributed by atoms with Gasteiger partial charge in [-0.1, -0.05) is 0 Å². The van der Waals surface area contributed by atoms with Gasteiger partial charge in [0.2, 0.25) is 11.8 Å². The summed E-state index contributed by atoms with van der Waals surface area (Å²) < 4.78 is 13.0. The monoisotopic (exact) mass is 270 g/mol. The number of carbonyl (C=O) groups excluding carboxylic acids is 2. The number of nitrogens with two attached hydrogens (primary N) is 1. The number of nitrogens with one attached hydrogen (secondary N) is 2. The number of hydrogen-bond acceptors (Lipinski definition) is 5. The molecule has 8 nitrogen and oxygen atoms in total. The van der Waals surface area contributed by atoms with E-state index in [0.29, 0.717) is 0 Å². The Morgan fingerprint density at radius 2 is 2.05 bits per heavy atom. The van der Waals surface area contributed by atoms with Crippen molar-refractivity contribution in [3.05, 3.63) is 34.1 Å². The molecule has 0 saturated carbocycles. The van der Waals surface area contributed by atoms with Gasteiger partial charge in [-0.15, -0.1) is 0 Å². The maximum absolute atomic E-state index is 13.0. The third-order valence-corrected chi connectivity index (χ3v) is 2.06. The molecule has 4 N–H and O–H groups in total. The van der Waals surface area contributed by atoms with Crippen LogP contribution in [0.5, 0.6) is 0 Å². The number of halogens is 1. The number of carbonyl (C=O) groups is 2. The fraction of sp³-hybridized carbons (Fsp3) is 0.200. The van der Waals surface area contributed by atoms with E-state index in [-0.39, 0.29) is 12.2 Å². The number of nitro benzene ring substituents is 1. The average Bonchev–Trinajstić information content (AvgIpc) is 2.35. The molecule has 0 spiro atoms. The van der Waals surface area contributed by atoms with Gasteiger partial charge in [-0.25, -0.2) is 4.39 Å². The largest absolute Gasteiger partial charge is 0.346 e. The number of rotatable bonds is 5. The zero-order valence-electron chi connectivity index (χ0n) is 9.68. The van der Waals surface area contributed by atoms with E-state index >= 15 is 0 Å².